The van der Waals surface area contributed by atoms with E-state index in [0.717, 1.165) is 13.0 Å². The SMILES string of the molecule is CC(C)(C)CC(C)(C)CNCC(=O)O. The molecule has 2 N–H and O–H groups in total. The summed E-state index contributed by atoms with van der Waals surface area (Å²) in [5.41, 5.74) is 0.433. The van der Waals surface area contributed by atoms with Crippen molar-refractivity contribution in [2.24, 2.45) is 10.8 Å². The molecule has 0 heterocycles. The van der Waals surface area contributed by atoms with Gasteiger partial charge < -0.3 is 10.4 Å². The second-order valence-corrected chi connectivity index (χ2v) is 5.90. The molecule has 0 rings (SSSR count). The Bertz CT molecular complexity index is 192. The van der Waals surface area contributed by atoms with Crippen molar-refractivity contribution in [3.05, 3.63) is 0 Å². The molecule has 0 aliphatic heterocycles. The average molecular weight is 201 g/mol. The van der Waals surface area contributed by atoms with E-state index < -0.39 is 5.97 Å². The minimum absolute atomic E-state index is 0.0492. The molecule has 3 heteroatoms. The summed E-state index contributed by atoms with van der Waals surface area (Å²) in [5, 5.41) is 11.4. The third kappa shape index (κ3) is 8.05. The van der Waals surface area contributed by atoms with Crippen LogP contribution < -0.4 is 5.32 Å². The van der Waals surface area contributed by atoms with Gasteiger partial charge in [-0.2, -0.15) is 0 Å². The maximum absolute atomic E-state index is 10.3. The van der Waals surface area contributed by atoms with Crippen LogP contribution >= 0.6 is 0 Å². The van der Waals surface area contributed by atoms with E-state index >= 15 is 0 Å². The van der Waals surface area contributed by atoms with E-state index in [1.54, 1.807) is 0 Å². The van der Waals surface area contributed by atoms with E-state index in [0.29, 0.717) is 0 Å². The van der Waals surface area contributed by atoms with Crippen LogP contribution in [0, 0.1) is 10.8 Å². The van der Waals surface area contributed by atoms with Gasteiger partial charge in [-0.1, -0.05) is 34.6 Å². The lowest BCUT2D eigenvalue weighted by atomic mass is 9.76. The van der Waals surface area contributed by atoms with Crippen LogP contribution in [0.5, 0.6) is 0 Å². The molecule has 0 aromatic carbocycles. The smallest absolute Gasteiger partial charge is 0.317 e. The Hall–Kier alpha value is -0.570. The first-order chi connectivity index (χ1) is 6.12. The van der Waals surface area contributed by atoms with E-state index in [1.807, 2.05) is 0 Å². The minimum Gasteiger partial charge on any atom is -0.480 e. The van der Waals surface area contributed by atoms with Crippen LogP contribution in [0.1, 0.15) is 41.0 Å². The molecular weight excluding hydrogens is 178 g/mol. The molecule has 3 nitrogen and oxygen atoms in total. The highest BCUT2D eigenvalue weighted by Crippen LogP contribution is 2.32. The quantitative estimate of drug-likeness (QED) is 0.716. The van der Waals surface area contributed by atoms with Crippen molar-refractivity contribution in [1.29, 1.82) is 0 Å². The first kappa shape index (κ1) is 13.4. The van der Waals surface area contributed by atoms with Gasteiger partial charge in [-0.15, -0.1) is 0 Å². The number of rotatable bonds is 5. The molecule has 0 aromatic heterocycles. The molecule has 0 radical (unpaired) electrons. The van der Waals surface area contributed by atoms with Gasteiger partial charge >= 0.3 is 5.97 Å². The molecular formula is C11H23NO2. The summed E-state index contributed by atoms with van der Waals surface area (Å²) in [6.45, 7) is 11.7. The molecule has 0 aliphatic carbocycles. The summed E-state index contributed by atoms with van der Waals surface area (Å²) in [5.74, 6) is -0.795. The van der Waals surface area contributed by atoms with Crippen molar-refractivity contribution in [3.8, 4) is 0 Å². The van der Waals surface area contributed by atoms with Crippen LogP contribution in [-0.2, 0) is 4.79 Å². The molecule has 0 saturated carbocycles. The van der Waals surface area contributed by atoms with E-state index in [2.05, 4.69) is 39.9 Å². The summed E-state index contributed by atoms with van der Waals surface area (Å²) in [6, 6.07) is 0. The Morgan fingerprint density at radius 3 is 2.07 bits per heavy atom. The first-order valence-corrected chi connectivity index (χ1v) is 5.05. The zero-order chi connectivity index (χ0) is 11.4. The van der Waals surface area contributed by atoms with Gasteiger partial charge in [0.05, 0.1) is 6.54 Å². The largest absolute Gasteiger partial charge is 0.480 e. The number of carboxylic acids is 1. The Labute approximate surface area is 86.9 Å². The summed E-state index contributed by atoms with van der Waals surface area (Å²) >= 11 is 0. The first-order valence-electron chi connectivity index (χ1n) is 5.05. The van der Waals surface area contributed by atoms with E-state index in [9.17, 15) is 4.79 Å². The van der Waals surface area contributed by atoms with Crippen LogP contribution in [0.15, 0.2) is 0 Å². The van der Waals surface area contributed by atoms with Gasteiger partial charge in [0.1, 0.15) is 0 Å². The van der Waals surface area contributed by atoms with Crippen molar-refractivity contribution < 1.29 is 9.90 Å². The van der Waals surface area contributed by atoms with Gasteiger partial charge in [-0.3, -0.25) is 4.79 Å². The monoisotopic (exact) mass is 201 g/mol. The highest BCUT2D eigenvalue weighted by molar-refractivity contribution is 5.68. The zero-order valence-corrected chi connectivity index (χ0v) is 9.98. The fraction of sp³-hybridized carbons (Fsp3) is 0.909. The molecule has 14 heavy (non-hydrogen) atoms. The van der Waals surface area contributed by atoms with Crippen LogP contribution in [0.2, 0.25) is 0 Å². The molecule has 0 aromatic rings. The van der Waals surface area contributed by atoms with E-state index in [4.69, 9.17) is 5.11 Å². The number of carbonyl (C=O) groups is 1. The van der Waals surface area contributed by atoms with Crippen LogP contribution in [0.25, 0.3) is 0 Å². The van der Waals surface area contributed by atoms with Gasteiger partial charge in [-0.25, -0.2) is 0 Å². The van der Waals surface area contributed by atoms with Gasteiger partial charge in [0.25, 0.3) is 0 Å². The Morgan fingerprint density at radius 2 is 1.71 bits per heavy atom. The lowest BCUT2D eigenvalue weighted by molar-refractivity contribution is -0.136. The second kappa shape index (κ2) is 4.78. The van der Waals surface area contributed by atoms with Crippen molar-refractivity contribution in [2.45, 2.75) is 41.0 Å². The predicted molar refractivity (Wildman–Crippen MR) is 58.4 cm³/mol. The third-order valence-corrected chi connectivity index (χ3v) is 1.89. The number of hydrogen-bond donors (Lipinski definition) is 2. The van der Waals surface area contributed by atoms with E-state index in [-0.39, 0.29) is 17.4 Å². The van der Waals surface area contributed by atoms with Crippen molar-refractivity contribution in [1.82, 2.24) is 5.32 Å². The Kier molecular flexibility index (Phi) is 4.59. The fourth-order valence-corrected chi connectivity index (χ4v) is 2.01. The van der Waals surface area contributed by atoms with Gasteiger partial charge in [0, 0.05) is 6.54 Å². The van der Waals surface area contributed by atoms with Gasteiger partial charge in [-0.05, 0) is 17.3 Å². The second-order valence-electron chi connectivity index (χ2n) is 5.90. The third-order valence-electron chi connectivity index (χ3n) is 1.89. The number of nitrogens with one attached hydrogen (secondary N) is 1. The lowest BCUT2D eigenvalue weighted by Gasteiger charge is -2.32. The normalized spacial score (nSPS) is 12.9. The summed E-state index contributed by atoms with van der Waals surface area (Å²) in [7, 11) is 0. The highest BCUT2D eigenvalue weighted by Gasteiger charge is 2.25. The molecule has 0 aliphatic rings. The van der Waals surface area contributed by atoms with Crippen LogP contribution in [-0.4, -0.2) is 24.2 Å². The van der Waals surface area contributed by atoms with Crippen molar-refractivity contribution in [2.75, 3.05) is 13.1 Å². The maximum atomic E-state index is 10.3. The summed E-state index contributed by atoms with van der Waals surface area (Å²) < 4.78 is 0. The van der Waals surface area contributed by atoms with Crippen molar-refractivity contribution >= 4 is 5.97 Å². The Morgan fingerprint density at radius 1 is 1.21 bits per heavy atom. The highest BCUT2D eigenvalue weighted by atomic mass is 16.4. The molecule has 0 atom stereocenters. The minimum atomic E-state index is -0.795. The maximum Gasteiger partial charge on any atom is 0.317 e. The Balaban J connectivity index is 3.89. The molecule has 0 spiro atoms. The topological polar surface area (TPSA) is 49.3 Å². The van der Waals surface area contributed by atoms with Crippen LogP contribution in [0.4, 0.5) is 0 Å². The van der Waals surface area contributed by atoms with E-state index in [1.165, 1.54) is 0 Å². The average Bonchev–Trinajstić information content (AvgIpc) is 1.78. The fourth-order valence-electron chi connectivity index (χ4n) is 2.01. The molecule has 0 saturated heterocycles. The zero-order valence-electron chi connectivity index (χ0n) is 9.98. The summed E-state index contributed by atoms with van der Waals surface area (Å²) in [6.07, 6.45) is 1.08. The standard InChI is InChI=1S/C11H23NO2/c1-10(2,3)7-11(4,5)8-12-6-9(13)14/h12H,6-8H2,1-5H3,(H,13,14). The molecule has 0 unspecified atom stereocenters. The molecule has 0 bridgehead atoms. The number of aliphatic carboxylic acids is 1. The molecule has 0 amide bonds. The predicted octanol–water partition coefficient (Wildman–Crippen LogP) is 2.12. The van der Waals surface area contributed by atoms with Crippen molar-refractivity contribution in [3.63, 3.8) is 0 Å². The van der Waals surface area contributed by atoms with Gasteiger partial charge in [0.2, 0.25) is 0 Å². The summed E-state index contributed by atoms with van der Waals surface area (Å²) in [4.78, 5) is 10.3. The molecule has 84 valence electrons. The lowest BCUT2D eigenvalue weighted by Crippen LogP contribution is -2.35. The van der Waals surface area contributed by atoms with Gasteiger partial charge in [0.15, 0.2) is 0 Å². The number of hydrogen-bond acceptors (Lipinski definition) is 2. The van der Waals surface area contributed by atoms with Crippen LogP contribution in [0.3, 0.4) is 0 Å². The number of carboxylic acid groups (broad SMARTS) is 1. The molecule has 0 fully saturated rings.